The summed E-state index contributed by atoms with van der Waals surface area (Å²) in [5.41, 5.74) is 2.85. The van der Waals surface area contributed by atoms with Gasteiger partial charge < -0.3 is 4.74 Å². The van der Waals surface area contributed by atoms with Gasteiger partial charge in [0.2, 0.25) is 0 Å². The fourth-order valence-electron chi connectivity index (χ4n) is 3.36. The van der Waals surface area contributed by atoms with Gasteiger partial charge in [0.05, 0.1) is 12.5 Å². The molecule has 1 fully saturated rings. The summed E-state index contributed by atoms with van der Waals surface area (Å²) in [5, 5.41) is 0. The lowest BCUT2D eigenvalue weighted by Crippen LogP contribution is -2.24. The first kappa shape index (κ1) is 18.0. The van der Waals surface area contributed by atoms with Crippen molar-refractivity contribution in [2.24, 2.45) is 5.92 Å². The molecule has 1 unspecified atom stereocenters. The zero-order valence-electron chi connectivity index (χ0n) is 14.7. The van der Waals surface area contributed by atoms with Crippen LogP contribution < -0.4 is 0 Å². The Bertz CT molecular complexity index is 449. The Balaban J connectivity index is 1.63. The highest BCUT2D eigenvalue weighted by molar-refractivity contribution is 5.72. The number of unbranched alkanes of at least 4 members (excludes halogenated alkanes) is 4. The van der Waals surface area contributed by atoms with E-state index in [0.29, 0.717) is 6.61 Å². The fourth-order valence-corrected chi connectivity index (χ4v) is 3.36. The van der Waals surface area contributed by atoms with Crippen molar-refractivity contribution in [2.45, 2.75) is 77.6 Å². The predicted molar refractivity (Wildman–Crippen MR) is 95.5 cm³/mol. The molecule has 2 rings (SSSR count). The summed E-state index contributed by atoms with van der Waals surface area (Å²) in [7, 11) is 0. The molecular formula is C21H32O2. The molecule has 1 aromatic rings. The molecule has 23 heavy (non-hydrogen) atoms. The second kappa shape index (κ2) is 10.5. The van der Waals surface area contributed by atoms with Crippen LogP contribution in [0.25, 0.3) is 0 Å². The van der Waals surface area contributed by atoms with Gasteiger partial charge >= 0.3 is 5.97 Å². The van der Waals surface area contributed by atoms with E-state index in [1.54, 1.807) is 0 Å². The van der Waals surface area contributed by atoms with Crippen LogP contribution in [-0.2, 0) is 22.4 Å². The molecule has 0 aliphatic carbocycles. The molecule has 0 aromatic heterocycles. The number of benzene rings is 1. The summed E-state index contributed by atoms with van der Waals surface area (Å²) in [5.74, 6) is 0.167. The Morgan fingerprint density at radius 2 is 1.61 bits per heavy atom. The van der Waals surface area contributed by atoms with Crippen molar-refractivity contribution in [3.05, 3.63) is 35.4 Å². The molecule has 1 saturated heterocycles. The van der Waals surface area contributed by atoms with Crippen molar-refractivity contribution in [2.75, 3.05) is 6.61 Å². The largest absolute Gasteiger partial charge is 0.465 e. The van der Waals surface area contributed by atoms with Crippen LogP contribution in [0.3, 0.4) is 0 Å². The molecule has 1 aliphatic rings. The van der Waals surface area contributed by atoms with E-state index in [1.165, 1.54) is 49.7 Å². The third-order valence-electron chi connectivity index (χ3n) is 4.88. The van der Waals surface area contributed by atoms with E-state index in [9.17, 15) is 4.79 Å². The molecule has 2 nitrogen and oxygen atoms in total. The Labute approximate surface area is 141 Å². The van der Waals surface area contributed by atoms with Gasteiger partial charge in [0, 0.05) is 0 Å². The number of carbonyl (C=O) groups excluding carboxylic acids is 1. The normalized spacial score (nSPS) is 18.0. The van der Waals surface area contributed by atoms with Crippen molar-refractivity contribution in [3.63, 3.8) is 0 Å². The van der Waals surface area contributed by atoms with Crippen LogP contribution in [0, 0.1) is 5.92 Å². The van der Waals surface area contributed by atoms with Gasteiger partial charge in [-0.05, 0) is 56.1 Å². The van der Waals surface area contributed by atoms with E-state index in [2.05, 4.69) is 31.2 Å². The van der Waals surface area contributed by atoms with Crippen LogP contribution in [0.1, 0.15) is 75.8 Å². The van der Waals surface area contributed by atoms with Crippen molar-refractivity contribution < 1.29 is 9.53 Å². The van der Waals surface area contributed by atoms with E-state index >= 15 is 0 Å². The molecule has 0 saturated carbocycles. The average Bonchev–Trinajstić information content (AvgIpc) is 2.58. The molecule has 2 heteroatoms. The summed E-state index contributed by atoms with van der Waals surface area (Å²) in [6.07, 6.45) is 13.1. The number of aryl methyl sites for hydroxylation is 2. The molecule has 1 atom stereocenters. The molecule has 0 bridgehead atoms. The molecule has 128 valence electrons. The van der Waals surface area contributed by atoms with E-state index in [0.717, 1.165) is 32.1 Å². The monoisotopic (exact) mass is 316 g/mol. The van der Waals surface area contributed by atoms with E-state index in [4.69, 9.17) is 4.74 Å². The number of esters is 1. The molecule has 0 amide bonds. The molecule has 1 aromatic carbocycles. The van der Waals surface area contributed by atoms with Gasteiger partial charge in [0.15, 0.2) is 0 Å². The minimum atomic E-state index is 0.0228. The van der Waals surface area contributed by atoms with Crippen LogP contribution >= 0.6 is 0 Å². The van der Waals surface area contributed by atoms with Crippen molar-refractivity contribution >= 4 is 5.97 Å². The first-order valence-corrected chi connectivity index (χ1v) is 9.54. The van der Waals surface area contributed by atoms with Gasteiger partial charge in [-0.3, -0.25) is 4.79 Å². The first-order chi connectivity index (χ1) is 11.3. The lowest BCUT2D eigenvalue weighted by Gasteiger charge is -2.20. The van der Waals surface area contributed by atoms with E-state index in [-0.39, 0.29) is 11.9 Å². The first-order valence-electron chi connectivity index (χ1n) is 9.54. The molecule has 0 N–H and O–H groups in total. The second-order valence-corrected chi connectivity index (χ2v) is 6.88. The fraction of sp³-hybridized carbons (Fsp3) is 0.667. The quantitative estimate of drug-likeness (QED) is 0.422. The molecular weight excluding hydrogens is 284 g/mol. The second-order valence-electron chi connectivity index (χ2n) is 6.88. The predicted octanol–water partition coefficient (Wildman–Crippen LogP) is 5.48. The van der Waals surface area contributed by atoms with Gasteiger partial charge in [-0.25, -0.2) is 0 Å². The van der Waals surface area contributed by atoms with Crippen LogP contribution in [0.15, 0.2) is 24.3 Å². The zero-order valence-corrected chi connectivity index (χ0v) is 14.7. The third-order valence-corrected chi connectivity index (χ3v) is 4.88. The summed E-state index contributed by atoms with van der Waals surface area (Å²) in [6, 6.07) is 9.09. The van der Waals surface area contributed by atoms with Crippen LogP contribution in [0.2, 0.25) is 0 Å². The Hall–Kier alpha value is -1.31. The highest BCUT2D eigenvalue weighted by Crippen LogP contribution is 2.21. The minimum absolute atomic E-state index is 0.0228. The molecule has 1 heterocycles. The average molecular weight is 316 g/mol. The summed E-state index contributed by atoms with van der Waals surface area (Å²) < 4.78 is 5.13. The van der Waals surface area contributed by atoms with Gasteiger partial charge in [-0.1, -0.05) is 56.9 Å². The zero-order chi connectivity index (χ0) is 16.3. The maximum absolute atomic E-state index is 11.6. The number of rotatable bonds is 10. The number of hydrogen-bond donors (Lipinski definition) is 0. The number of hydrogen-bond acceptors (Lipinski definition) is 2. The highest BCUT2D eigenvalue weighted by atomic mass is 16.5. The van der Waals surface area contributed by atoms with Gasteiger partial charge in [0.25, 0.3) is 0 Å². The summed E-state index contributed by atoms with van der Waals surface area (Å²) >= 11 is 0. The Kier molecular flexibility index (Phi) is 8.20. The molecule has 0 radical (unpaired) electrons. The minimum Gasteiger partial charge on any atom is -0.465 e. The van der Waals surface area contributed by atoms with E-state index in [1.807, 2.05) is 0 Å². The third kappa shape index (κ3) is 6.76. The van der Waals surface area contributed by atoms with Crippen molar-refractivity contribution in [1.82, 2.24) is 0 Å². The molecule has 1 aliphatic heterocycles. The number of carbonyl (C=O) groups is 1. The van der Waals surface area contributed by atoms with Crippen LogP contribution in [-0.4, -0.2) is 12.6 Å². The van der Waals surface area contributed by atoms with Crippen LogP contribution in [0.4, 0.5) is 0 Å². The smallest absolute Gasteiger partial charge is 0.308 e. The molecule has 0 spiro atoms. The number of cyclic esters (lactones) is 1. The Morgan fingerprint density at radius 1 is 0.957 bits per heavy atom. The maximum atomic E-state index is 11.6. The summed E-state index contributed by atoms with van der Waals surface area (Å²) in [6.45, 7) is 2.88. The lowest BCUT2D eigenvalue weighted by atomic mass is 9.94. The topological polar surface area (TPSA) is 26.3 Å². The SMILES string of the molecule is CCCCCCCc1ccc(CCCC2CCCOC2=O)cc1. The van der Waals surface area contributed by atoms with Gasteiger partial charge in [-0.2, -0.15) is 0 Å². The highest BCUT2D eigenvalue weighted by Gasteiger charge is 2.23. The lowest BCUT2D eigenvalue weighted by molar-refractivity contribution is -0.153. The van der Waals surface area contributed by atoms with Gasteiger partial charge in [0.1, 0.15) is 0 Å². The van der Waals surface area contributed by atoms with Crippen molar-refractivity contribution in [3.8, 4) is 0 Å². The summed E-state index contributed by atoms with van der Waals surface area (Å²) in [4.78, 5) is 11.6. The standard InChI is InChI=1S/C21H32O2/c1-2-3-4-5-6-9-18-13-15-19(16-14-18)10-7-11-20-12-8-17-23-21(20)22/h13-16,20H,2-12,17H2,1H3. The van der Waals surface area contributed by atoms with Crippen LogP contribution in [0.5, 0.6) is 0 Å². The van der Waals surface area contributed by atoms with Crippen molar-refractivity contribution in [1.29, 1.82) is 0 Å². The van der Waals surface area contributed by atoms with E-state index < -0.39 is 0 Å². The Morgan fingerprint density at radius 3 is 2.26 bits per heavy atom. The number of ether oxygens (including phenoxy) is 1. The van der Waals surface area contributed by atoms with Gasteiger partial charge in [-0.15, -0.1) is 0 Å². The maximum Gasteiger partial charge on any atom is 0.308 e.